The van der Waals surface area contributed by atoms with Crippen molar-refractivity contribution in [2.45, 2.75) is 86.5 Å². The number of aromatic nitrogens is 2. The van der Waals surface area contributed by atoms with Gasteiger partial charge in [-0.15, -0.1) is 40.5 Å². The van der Waals surface area contributed by atoms with E-state index in [-0.39, 0.29) is 42.5 Å². The van der Waals surface area contributed by atoms with Crippen LogP contribution in [0.2, 0.25) is 0 Å². The summed E-state index contributed by atoms with van der Waals surface area (Å²) in [5.74, 6) is 0.263. The maximum Gasteiger partial charge on any atom is 0.223 e. The molecule has 0 fully saturated rings. The normalized spacial score (nSPS) is 12.4. The third kappa shape index (κ3) is 7.12. The van der Waals surface area contributed by atoms with Crippen molar-refractivity contribution in [1.29, 1.82) is 0 Å². The number of fused-ring (bicyclic) bond motifs is 5. The van der Waals surface area contributed by atoms with Crippen molar-refractivity contribution < 1.29 is 34.4 Å². The molecule has 0 bridgehead atoms. The number of aryl methyl sites for hydroxylation is 1. The third-order valence-corrected chi connectivity index (χ3v) is 9.85. The monoisotopic (exact) mass is 812 g/mol. The number of carbonyl (C=O) groups excluding carboxylic acids is 1. The van der Waals surface area contributed by atoms with Gasteiger partial charge in [0.15, 0.2) is 5.78 Å². The first kappa shape index (κ1) is 35.5. The number of hydrogen-bond acceptors (Lipinski definition) is 6. The van der Waals surface area contributed by atoms with Crippen LogP contribution in [0, 0.1) is 18.4 Å². The third-order valence-electron chi connectivity index (χ3n) is 8.84. The molecule has 0 unspecified atom stereocenters. The zero-order valence-electron chi connectivity index (χ0n) is 28.0. The standard InChI is InChI=1S/C27H21N2OS.C12H22O2.Ir/c1-15-9-17-12-22-20(13-23(17)31-15)24-25(28-14-29-26(24)30-22)18-10-16-7-5-6-8-19(16)21(11-18)27(2,3)4;1-5-8-10(13)9-11(14)12(4,6-2)7-3;/h5-9,11-14H,1-4H3;9,14H,5-8H2,1-4H3;/q-1;;/b;11-9-;. The van der Waals surface area contributed by atoms with Crippen LogP contribution in [0.4, 0.5) is 0 Å². The van der Waals surface area contributed by atoms with E-state index in [2.05, 4.69) is 87.3 Å². The quantitative estimate of drug-likeness (QED) is 0.0987. The number of furan rings is 1. The van der Waals surface area contributed by atoms with Gasteiger partial charge in [0.2, 0.25) is 5.71 Å². The minimum Gasteiger partial charge on any atom is -0.512 e. The second kappa shape index (κ2) is 14.2. The molecule has 5 nitrogen and oxygen atoms in total. The number of allylic oxidation sites excluding steroid dienone is 2. The van der Waals surface area contributed by atoms with E-state index >= 15 is 0 Å². The van der Waals surface area contributed by atoms with Crippen molar-refractivity contribution in [3.63, 3.8) is 0 Å². The van der Waals surface area contributed by atoms with E-state index in [1.807, 2.05) is 27.7 Å². The van der Waals surface area contributed by atoms with Crippen molar-refractivity contribution in [2.75, 3.05) is 0 Å². The van der Waals surface area contributed by atoms with E-state index < -0.39 is 0 Å². The number of thiophene rings is 1. The summed E-state index contributed by atoms with van der Waals surface area (Å²) < 4.78 is 7.41. The van der Waals surface area contributed by atoms with Crippen LogP contribution >= 0.6 is 11.3 Å². The molecule has 3 aromatic carbocycles. The second-order valence-corrected chi connectivity index (χ2v) is 14.4. The summed E-state index contributed by atoms with van der Waals surface area (Å²) in [6.45, 7) is 16.9. The Bertz CT molecular complexity index is 2040. The van der Waals surface area contributed by atoms with Crippen LogP contribution in [0.1, 0.15) is 84.6 Å². The van der Waals surface area contributed by atoms with Crippen LogP contribution in [-0.4, -0.2) is 20.9 Å². The van der Waals surface area contributed by atoms with Gasteiger partial charge in [-0.2, -0.15) is 0 Å². The average molecular weight is 812 g/mol. The Balaban J connectivity index is 0.000000275. The number of nitrogens with zero attached hydrogens (tertiary/aromatic N) is 2. The van der Waals surface area contributed by atoms with Crippen molar-refractivity contribution in [3.8, 4) is 11.3 Å². The van der Waals surface area contributed by atoms with Crippen LogP contribution in [0.5, 0.6) is 0 Å². The molecule has 0 saturated carbocycles. The molecule has 0 spiro atoms. The number of benzene rings is 3. The van der Waals surface area contributed by atoms with Crippen molar-refractivity contribution in [2.24, 2.45) is 5.41 Å². The molecule has 0 aliphatic rings. The van der Waals surface area contributed by atoms with E-state index in [0.29, 0.717) is 12.1 Å². The van der Waals surface area contributed by atoms with E-state index in [1.165, 1.54) is 32.0 Å². The van der Waals surface area contributed by atoms with Gasteiger partial charge < -0.3 is 9.52 Å². The van der Waals surface area contributed by atoms with Gasteiger partial charge in [0.25, 0.3) is 0 Å². The molecule has 6 rings (SSSR count). The molecule has 3 heterocycles. The Morgan fingerprint density at radius 1 is 1.00 bits per heavy atom. The Hall–Kier alpha value is -3.38. The average Bonchev–Trinajstić information content (AvgIpc) is 3.56. The molecular weight excluding hydrogens is 769 g/mol. The smallest absolute Gasteiger partial charge is 0.223 e. The first-order valence-electron chi connectivity index (χ1n) is 15.9. The van der Waals surface area contributed by atoms with E-state index in [9.17, 15) is 9.90 Å². The minimum absolute atomic E-state index is 0. The fourth-order valence-corrected chi connectivity index (χ4v) is 6.66. The van der Waals surface area contributed by atoms with Crippen molar-refractivity contribution >= 4 is 60.0 Å². The SMILES string of the molecule is CCCC(=O)/C=C(\O)C(C)(CC)CC.Cc1cc2cc3oc4ncnc(-c5[c-]c6ccccc6c(C(C)(C)C)c5)c4c3cc2s1.[Ir]. The molecule has 1 radical (unpaired) electrons. The van der Waals surface area contributed by atoms with Gasteiger partial charge in [-0.3, -0.25) is 9.78 Å². The number of hydrogen-bond donors (Lipinski definition) is 1. The molecule has 46 heavy (non-hydrogen) atoms. The Morgan fingerprint density at radius 2 is 1.72 bits per heavy atom. The van der Waals surface area contributed by atoms with Gasteiger partial charge in [-0.05, 0) is 55.2 Å². The molecule has 1 N–H and O–H groups in total. The van der Waals surface area contributed by atoms with Gasteiger partial charge in [0.05, 0.1) is 0 Å². The first-order chi connectivity index (χ1) is 21.4. The predicted octanol–water partition coefficient (Wildman–Crippen LogP) is 11.4. The second-order valence-electron chi connectivity index (χ2n) is 13.2. The van der Waals surface area contributed by atoms with Gasteiger partial charge >= 0.3 is 0 Å². The largest absolute Gasteiger partial charge is 0.512 e. The fourth-order valence-electron chi connectivity index (χ4n) is 5.71. The van der Waals surface area contributed by atoms with Crippen LogP contribution < -0.4 is 0 Å². The number of aliphatic hydroxyl groups excluding tert-OH is 1. The number of carbonyl (C=O) groups is 1. The van der Waals surface area contributed by atoms with Crippen LogP contribution in [0.3, 0.4) is 0 Å². The van der Waals surface area contributed by atoms with Gasteiger partial charge in [-0.25, -0.2) is 4.98 Å². The maximum atomic E-state index is 11.3. The topological polar surface area (TPSA) is 76.2 Å². The van der Waals surface area contributed by atoms with Crippen LogP contribution in [0.25, 0.3) is 54.2 Å². The molecule has 6 aromatic rings. The zero-order valence-corrected chi connectivity index (χ0v) is 31.2. The molecule has 0 saturated heterocycles. The summed E-state index contributed by atoms with van der Waals surface area (Å²) in [7, 11) is 0. The summed E-state index contributed by atoms with van der Waals surface area (Å²) in [5, 5.41) is 15.4. The fraction of sp³-hybridized carbons (Fsp3) is 0.359. The molecule has 0 aliphatic carbocycles. The number of ketones is 1. The van der Waals surface area contributed by atoms with Gasteiger partial charge in [0.1, 0.15) is 17.7 Å². The molecule has 7 heteroatoms. The molecule has 0 amide bonds. The summed E-state index contributed by atoms with van der Waals surface area (Å²) >= 11 is 1.80. The Labute approximate surface area is 289 Å². The maximum absolute atomic E-state index is 11.3. The van der Waals surface area contributed by atoms with E-state index in [0.717, 1.165) is 52.3 Å². The Morgan fingerprint density at radius 3 is 2.39 bits per heavy atom. The summed E-state index contributed by atoms with van der Waals surface area (Å²) in [4.78, 5) is 21.7. The van der Waals surface area contributed by atoms with E-state index in [1.54, 1.807) is 17.7 Å². The van der Waals surface area contributed by atoms with E-state index in [4.69, 9.17) is 9.40 Å². The first-order valence-corrected chi connectivity index (χ1v) is 16.7. The minimum atomic E-state index is -0.233. The van der Waals surface area contributed by atoms with Gasteiger partial charge in [-0.1, -0.05) is 77.6 Å². The van der Waals surface area contributed by atoms with Crippen molar-refractivity contribution in [3.05, 3.63) is 83.2 Å². The molecule has 0 aliphatic heterocycles. The summed E-state index contributed by atoms with van der Waals surface area (Å²) in [5.41, 5.74) is 4.35. The summed E-state index contributed by atoms with van der Waals surface area (Å²) in [6, 6.07) is 20.8. The molecule has 3 aromatic heterocycles. The van der Waals surface area contributed by atoms with Crippen LogP contribution in [0.15, 0.2) is 71.1 Å². The number of rotatable bonds is 7. The molecular formula is C39H43IrN2O3S-. The number of aliphatic hydroxyl groups is 1. The predicted molar refractivity (Wildman–Crippen MR) is 189 cm³/mol. The molecule has 243 valence electrons. The zero-order chi connectivity index (χ0) is 32.5. The van der Waals surface area contributed by atoms with Gasteiger partial charge in [0, 0.05) is 64.1 Å². The van der Waals surface area contributed by atoms with Crippen molar-refractivity contribution in [1.82, 2.24) is 9.97 Å². The summed E-state index contributed by atoms with van der Waals surface area (Å²) in [6.07, 6.45) is 6.05. The Kier molecular flexibility index (Phi) is 10.9. The van der Waals surface area contributed by atoms with Crippen LogP contribution in [-0.2, 0) is 30.3 Å². The molecule has 0 atom stereocenters.